The van der Waals surface area contributed by atoms with Gasteiger partial charge in [-0.2, -0.15) is 0 Å². The maximum absolute atomic E-state index is 11.9. The van der Waals surface area contributed by atoms with Crippen LogP contribution in [0.3, 0.4) is 0 Å². The van der Waals surface area contributed by atoms with Crippen LogP contribution in [0, 0.1) is 0 Å². The Morgan fingerprint density at radius 2 is 1.94 bits per heavy atom. The summed E-state index contributed by atoms with van der Waals surface area (Å²) in [5.41, 5.74) is 0. The number of aliphatic hydroxyl groups excluding tert-OH is 1. The molecule has 0 spiro atoms. The molecular weight excluding hydrogens is 262 g/mol. The van der Waals surface area contributed by atoms with E-state index in [1.807, 2.05) is 6.92 Å². The van der Waals surface area contributed by atoms with Crippen molar-refractivity contribution in [1.82, 2.24) is 5.32 Å². The van der Waals surface area contributed by atoms with Crippen molar-refractivity contribution >= 4 is 35.4 Å². The summed E-state index contributed by atoms with van der Waals surface area (Å²) in [5, 5.41) is 20.6. The van der Waals surface area contributed by atoms with Crippen molar-refractivity contribution in [1.29, 1.82) is 0 Å². The minimum Gasteiger partial charge on any atom is -0.477 e. The van der Waals surface area contributed by atoms with E-state index in [-0.39, 0.29) is 22.5 Å². The zero-order valence-corrected chi connectivity index (χ0v) is 11.1. The van der Waals surface area contributed by atoms with E-state index in [1.54, 1.807) is 0 Å². The standard InChI is InChI=1S/C10H15NO4S2/c1-2-6(5-12)11-9(13)7-8(10(14)15)17-4-3-16-7/h6,12H,2-5H2,1H3,(H,11,13)(H,14,15)/t6-/m1/s1. The van der Waals surface area contributed by atoms with E-state index in [0.29, 0.717) is 12.2 Å². The molecule has 1 rings (SSSR count). The van der Waals surface area contributed by atoms with Gasteiger partial charge < -0.3 is 15.5 Å². The molecule has 1 heterocycles. The fraction of sp³-hybridized carbons (Fsp3) is 0.600. The summed E-state index contributed by atoms with van der Waals surface area (Å²) in [6.07, 6.45) is 0.607. The Labute approximate surface area is 108 Å². The van der Waals surface area contributed by atoms with Gasteiger partial charge in [0, 0.05) is 11.5 Å². The van der Waals surface area contributed by atoms with Crippen molar-refractivity contribution < 1.29 is 19.8 Å². The number of hydrogen-bond donors (Lipinski definition) is 3. The van der Waals surface area contributed by atoms with Crippen molar-refractivity contribution in [2.45, 2.75) is 19.4 Å². The average Bonchev–Trinajstić information content (AvgIpc) is 2.35. The maximum atomic E-state index is 11.9. The fourth-order valence-electron chi connectivity index (χ4n) is 1.27. The van der Waals surface area contributed by atoms with Crippen LogP contribution in [0.15, 0.2) is 9.81 Å². The van der Waals surface area contributed by atoms with Crippen LogP contribution in [0.2, 0.25) is 0 Å². The second-order valence-corrected chi connectivity index (χ2v) is 5.63. The Balaban J connectivity index is 2.81. The Morgan fingerprint density at radius 1 is 1.35 bits per heavy atom. The number of carboxylic acids is 1. The first kappa shape index (κ1) is 14.4. The number of aliphatic hydroxyl groups is 1. The molecule has 0 aromatic rings. The van der Waals surface area contributed by atoms with Crippen LogP contribution in [0.1, 0.15) is 13.3 Å². The van der Waals surface area contributed by atoms with Gasteiger partial charge in [-0.15, -0.1) is 23.5 Å². The van der Waals surface area contributed by atoms with Crippen molar-refractivity contribution in [3.8, 4) is 0 Å². The van der Waals surface area contributed by atoms with E-state index in [4.69, 9.17) is 10.2 Å². The lowest BCUT2D eigenvalue weighted by Crippen LogP contribution is -2.38. The summed E-state index contributed by atoms with van der Waals surface area (Å²) < 4.78 is 0. The quantitative estimate of drug-likeness (QED) is 0.684. The molecule has 5 nitrogen and oxygen atoms in total. The molecule has 0 aromatic heterocycles. The highest BCUT2D eigenvalue weighted by Gasteiger charge is 2.26. The Bertz CT molecular complexity index is 339. The lowest BCUT2D eigenvalue weighted by Gasteiger charge is -2.19. The van der Waals surface area contributed by atoms with Crippen molar-refractivity contribution in [2.75, 3.05) is 18.1 Å². The van der Waals surface area contributed by atoms with E-state index >= 15 is 0 Å². The zero-order chi connectivity index (χ0) is 12.8. The molecule has 7 heteroatoms. The summed E-state index contributed by atoms with van der Waals surface area (Å²) in [5.74, 6) is -0.0506. The third kappa shape index (κ3) is 3.93. The van der Waals surface area contributed by atoms with Gasteiger partial charge in [-0.25, -0.2) is 4.79 Å². The molecule has 1 atom stereocenters. The molecule has 0 saturated carbocycles. The predicted octanol–water partition coefficient (Wildman–Crippen LogP) is 0.650. The Hall–Kier alpha value is -0.660. The second-order valence-electron chi connectivity index (χ2n) is 3.42. The van der Waals surface area contributed by atoms with Crippen LogP contribution in [0.25, 0.3) is 0 Å². The van der Waals surface area contributed by atoms with Crippen LogP contribution in [-0.2, 0) is 9.59 Å². The summed E-state index contributed by atoms with van der Waals surface area (Å²) in [4.78, 5) is 23.2. The first-order chi connectivity index (χ1) is 8.10. The molecule has 1 amide bonds. The summed E-state index contributed by atoms with van der Waals surface area (Å²) in [6, 6.07) is -0.322. The van der Waals surface area contributed by atoms with E-state index in [0.717, 1.165) is 5.75 Å². The molecule has 17 heavy (non-hydrogen) atoms. The summed E-state index contributed by atoms with van der Waals surface area (Å²) >= 11 is 2.44. The number of aliphatic carboxylic acids is 1. The molecule has 96 valence electrons. The number of hydrogen-bond acceptors (Lipinski definition) is 5. The molecule has 0 aliphatic carbocycles. The fourth-order valence-corrected chi connectivity index (χ4v) is 3.46. The predicted molar refractivity (Wildman–Crippen MR) is 68.9 cm³/mol. The lowest BCUT2D eigenvalue weighted by molar-refractivity contribution is -0.132. The smallest absolute Gasteiger partial charge is 0.343 e. The van der Waals surface area contributed by atoms with E-state index in [1.165, 1.54) is 23.5 Å². The van der Waals surface area contributed by atoms with Crippen LogP contribution < -0.4 is 5.32 Å². The van der Waals surface area contributed by atoms with Gasteiger partial charge in [0.05, 0.1) is 17.6 Å². The van der Waals surface area contributed by atoms with Gasteiger partial charge in [0.25, 0.3) is 5.91 Å². The molecule has 3 N–H and O–H groups in total. The highest BCUT2D eigenvalue weighted by molar-refractivity contribution is 8.11. The Morgan fingerprint density at radius 3 is 2.41 bits per heavy atom. The first-order valence-electron chi connectivity index (χ1n) is 5.25. The van der Waals surface area contributed by atoms with Crippen molar-refractivity contribution in [3.05, 3.63) is 9.81 Å². The number of rotatable bonds is 5. The summed E-state index contributed by atoms with van der Waals surface area (Å²) in [7, 11) is 0. The van der Waals surface area contributed by atoms with Crippen LogP contribution in [0.4, 0.5) is 0 Å². The number of amides is 1. The Kier molecular flexibility index (Phi) is 5.87. The van der Waals surface area contributed by atoms with E-state index in [9.17, 15) is 9.59 Å². The van der Waals surface area contributed by atoms with E-state index < -0.39 is 11.9 Å². The van der Waals surface area contributed by atoms with Crippen LogP contribution in [0.5, 0.6) is 0 Å². The van der Waals surface area contributed by atoms with Gasteiger partial charge in [0.1, 0.15) is 4.91 Å². The third-order valence-electron chi connectivity index (χ3n) is 2.23. The molecule has 0 bridgehead atoms. The van der Waals surface area contributed by atoms with Gasteiger partial charge in [-0.05, 0) is 6.42 Å². The topological polar surface area (TPSA) is 86.6 Å². The lowest BCUT2D eigenvalue weighted by atomic mass is 10.2. The summed E-state index contributed by atoms with van der Waals surface area (Å²) in [6.45, 7) is 1.70. The normalized spacial score (nSPS) is 17.8. The minimum atomic E-state index is -1.07. The molecule has 0 unspecified atom stereocenters. The van der Waals surface area contributed by atoms with Gasteiger partial charge in [0.2, 0.25) is 0 Å². The molecular formula is C10H15NO4S2. The largest absolute Gasteiger partial charge is 0.477 e. The van der Waals surface area contributed by atoms with Gasteiger partial charge >= 0.3 is 5.97 Å². The monoisotopic (exact) mass is 277 g/mol. The number of carbonyl (C=O) groups is 2. The molecule has 1 aliphatic heterocycles. The number of carbonyl (C=O) groups excluding carboxylic acids is 1. The highest BCUT2D eigenvalue weighted by Crippen LogP contribution is 2.34. The maximum Gasteiger partial charge on any atom is 0.343 e. The highest BCUT2D eigenvalue weighted by atomic mass is 32.2. The number of carboxylic acid groups (broad SMARTS) is 1. The van der Waals surface area contributed by atoms with Gasteiger partial charge in [0.15, 0.2) is 0 Å². The van der Waals surface area contributed by atoms with Crippen LogP contribution >= 0.6 is 23.5 Å². The second kappa shape index (κ2) is 6.93. The molecule has 0 radical (unpaired) electrons. The van der Waals surface area contributed by atoms with Crippen molar-refractivity contribution in [3.63, 3.8) is 0 Å². The molecule has 0 fully saturated rings. The van der Waals surface area contributed by atoms with E-state index in [2.05, 4.69) is 5.32 Å². The van der Waals surface area contributed by atoms with Crippen molar-refractivity contribution in [2.24, 2.45) is 0 Å². The molecule has 1 aliphatic rings. The SMILES string of the molecule is CC[C@H](CO)NC(=O)C1=C(C(=O)O)SCCS1. The zero-order valence-electron chi connectivity index (χ0n) is 9.43. The number of thioether (sulfide) groups is 2. The van der Waals surface area contributed by atoms with Gasteiger partial charge in [-0.3, -0.25) is 4.79 Å². The number of nitrogens with one attached hydrogen (secondary N) is 1. The van der Waals surface area contributed by atoms with Gasteiger partial charge in [-0.1, -0.05) is 6.92 Å². The minimum absolute atomic E-state index is 0.103. The molecule has 0 saturated heterocycles. The van der Waals surface area contributed by atoms with Crippen LogP contribution in [-0.4, -0.2) is 46.2 Å². The third-order valence-corrected chi connectivity index (χ3v) is 4.78. The molecule has 0 aromatic carbocycles. The average molecular weight is 277 g/mol. The first-order valence-corrected chi connectivity index (χ1v) is 7.22.